The topological polar surface area (TPSA) is 80.9 Å². The Morgan fingerprint density at radius 1 is 1.04 bits per heavy atom. The smallest absolute Gasteiger partial charge is 0.222 e. The quantitative estimate of drug-likeness (QED) is 0.669. The summed E-state index contributed by atoms with van der Waals surface area (Å²) in [7, 11) is 0. The number of nitrogens with zero attached hydrogens (tertiary/aromatic N) is 2. The number of anilines is 3. The zero-order valence-electron chi connectivity index (χ0n) is 13.9. The van der Waals surface area contributed by atoms with E-state index in [9.17, 15) is 4.79 Å². The van der Waals surface area contributed by atoms with E-state index in [2.05, 4.69) is 15.3 Å². The van der Waals surface area contributed by atoms with Crippen molar-refractivity contribution in [1.82, 2.24) is 9.97 Å². The van der Waals surface area contributed by atoms with Crippen LogP contribution in [0.3, 0.4) is 0 Å². The van der Waals surface area contributed by atoms with E-state index < -0.39 is 0 Å². The lowest BCUT2D eigenvalue weighted by Crippen LogP contribution is -2.01. The molecular formula is C19H17ClN4O. The first-order valence-electron chi connectivity index (χ1n) is 7.71. The number of hydrogen-bond donors (Lipinski definition) is 2. The van der Waals surface area contributed by atoms with E-state index in [0.717, 1.165) is 22.5 Å². The van der Waals surface area contributed by atoms with Crippen molar-refractivity contribution in [2.24, 2.45) is 0 Å². The molecule has 126 valence electrons. The molecule has 3 N–H and O–H groups in total. The van der Waals surface area contributed by atoms with Gasteiger partial charge in [-0.25, -0.2) is 4.98 Å². The second-order valence-electron chi connectivity index (χ2n) is 5.74. The van der Waals surface area contributed by atoms with Gasteiger partial charge >= 0.3 is 0 Å². The number of halogens is 1. The van der Waals surface area contributed by atoms with E-state index in [1.54, 1.807) is 25.1 Å². The molecule has 0 spiro atoms. The molecule has 0 radical (unpaired) electrons. The van der Waals surface area contributed by atoms with Crippen LogP contribution in [0.15, 0.2) is 48.5 Å². The van der Waals surface area contributed by atoms with Crippen LogP contribution in [-0.4, -0.2) is 15.8 Å². The SMILES string of the molecule is CC(=O)c1ccc(-c2cc(Cl)cc(Nc3cc(C)nc(N)n3)c2)cc1. The molecule has 0 aliphatic heterocycles. The van der Waals surface area contributed by atoms with Gasteiger partial charge in [0.15, 0.2) is 5.78 Å². The lowest BCUT2D eigenvalue weighted by Gasteiger charge is -2.10. The predicted molar refractivity (Wildman–Crippen MR) is 101 cm³/mol. The van der Waals surface area contributed by atoms with Crippen molar-refractivity contribution in [3.05, 3.63) is 64.8 Å². The van der Waals surface area contributed by atoms with Crippen molar-refractivity contribution in [3.8, 4) is 11.1 Å². The maximum absolute atomic E-state index is 11.4. The number of rotatable bonds is 4. The Kier molecular flexibility index (Phi) is 4.67. The third-order valence-corrected chi connectivity index (χ3v) is 3.88. The Morgan fingerprint density at radius 3 is 2.40 bits per heavy atom. The van der Waals surface area contributed by atoms with Gasteiger partial charge in [-0.2, -0.15) is 4.98 Å². The summed E-state index contributed by atoms with van der Waals surface area (Å²) in [6, 6.07) is 14.9. The molecule has 0 bridgehead atoms. The minimum atomic E-state index is 0.0386. The van der Waals surface area contributed by atoms with Crippen LogP contribution >= 0.6 is 11.6 Å². The average molecular weight is 353 g/mol. The van der Waals surface area contributed by atoms with Crippen LogP contribution in [0.25, 0.3) is 11.1 Å². The van der Waals surface area contributed by atoms with Gasteiger partial charge in [-0.3, -0.25) is 4.79 Å². The average Bonchev–Trinajstić information content (AvgIpc) is 2.53. The third-order valence-electron chi connectivity index (χ3n) is 3.67. The summed E-state index contributed by atoms with van der Waals surface area (Å²) in [4.78, 5) is 19.6. The molecule has 0 unspecified atom stereocenters. The van der Waals surface area contributed by atoms with E-state index in [4.69, 9.17) is 17.3 Å². The fraction of sp³-hybridized carbons (Fsp3) is 0.105. The standard InChI is InChI=1S/C19H17ClN4O/c1-11-7-18(24-19(21)22-11)23-17-9-15(8-16(20)10-17)14-5-3-13(4-6-14)12(2)25/h3-10H,1-2H3,(H3,21,22,23,24). The first-order chi connectivity index (χ1) is 11.9. The zero-order valence-corrected chi connectivity index (χ0v) is 14.6. The van der Waals surface area contributed by atoms with Gasteiger partial charge in [0.25, 0.3) is 0 Å². The molecule has 3 aromatic rings. The molecule has 0 amide bonds. The molecule has 0 fully saturated rings. The van der Waals surface area contributed by atoms with Crippen molar-refractivity contribution in [1.29, 1.82) is 0 Å². The molecule has 0 aliphatic carbocycles. The van der Waals surface area contributed by atoms with Crippen LogP contribution in [0.4, 0.5) is 17.5 Å². The lowest BCUT2D eigenvalue weighted by molar-refractivity contribution is 0.101. The largest absolute Gasteiger partial charge is 0.368 e. The van der Waals surface area contributed by atoms with Crippen LogP contribution < -0.4 is 11.1 Å². The number of carbonyl (C=O) groups is 1. The van der Waals surface area contributed by atoms with Crippen LogP contribution in [0.1, 0.15) is 23.0 Å². The van der Waals surface area contributed by atoms with Crippen LogP contribution in [0, 0.1) is 6.92 Å². The van der Waals surface area contributed by atoms with E-state index in [-0.39, 0.29) is 11.7 Å². The minimum absolute atomic E-state index is 0.0386. The number of nitrogens with two attached hydrogens (primary N) is 1. The summed E-state index contributed by atoms with van der Waals surface area (Å²) in [6.07, 6.45) is 0. The van der Waals surface area contributed by atoms with Gasteiger partial charge in [-0.05, 0) is 43.2 Å². The fourth-order valence-corrected chi connectivity index (χ4v) is 2.76. The third kappa shape index (κ3) is 4.14. The van der Waals surface area contributed by atoms with E-state index in [1.807, 2.05) is 37.3 Å². The molecule has 0 atom stereocenters. The summed E-state index contributed by atoms with van der Waals surface area (Å²) in [5.41, 5.74) is 9.83. The van der Waals surface area contributed by atoms with Crippen molar-refractivity contribution in [2.75, 3.05) is 11.1 Å². The molecule has 0 saturated heterocycles. The number of aryl methyl sites for hydroxylation is 1. The van der Waals surface area contributed by atoms with Crippen LogP contribution in [-0.2, 0) is 0 Å². The van der Waals surface area contributed by atoms with Crippen molar-refractivity contribution in [3.63, 3.8) is 0 Å². The van der Waals surface area contributed by atoms with Crippen LogP contribution in [0.5, 0.6) is 0 Å². The Labute approximate surface area is 150 Å². The lowest BCUT2D eigenvalue weighted by atomic mass is 10.0. The molecule has 0 aliphatic rings. The van der Waals surface area contributed by atoms with Gasteiger partial charge in [-0.1, -0.05) is 35.9 Å². The molecule has 3 rings (SSSR count). The molecule has 0 saturated carbocycles. The second-order valence-corrected chi connectivity index (χ2v) is 6.18. The summed E-state index contributed by atoms with van der Waals surface area (Å²) in [5.74, 6) is 0.853. The van der Waals surface area contributed by atoms with Gasteiger partial charge in [0, 0.05) is 28.0 Å². The molecular weight excluding hydrogens is 336 g/mol. The van der Waals surface area contributed by atoms with Gasteiger partial charge in [0.2, 0.25) is 5.95 Å². The highest BCUT2D eigenvalue weighted by Gasteiger charge is 2.06. The predicted octanol–water partition coefficient (Wildman–Crippen LogP) is 4.63. The van der Waals surface area contributed by atoms with Gasteiger partial charge < -0.3 is 11.1 Å². The molecule has 1 aromatic heterocycles. The number of ketones is 1. The number of Topliss-reactive ketones (excluding diaryl/α,β-unsaturated/α-hetero) is 1. The van der Waals surface area contributed by atoms with E-state index in [0.29, 0.717) is 16.4 Å². The van der Waals surface area contributed by atoms with E-state index >= 15 is 0 Å². The number of carbonyl (C=O) groups excluding carboxylic acids is 1. The van der Waals surface area contributed by atoms with Crippen molar-refractivity contribution >= 4 is 34.8 Å². The first-order valence-corrected chi connectivity index (χ1v) is 8.08. The number of nitrogen functional groups attached to an aromatic ring is 1. The summed E-state index contributed by atoms with van der Waals surface area (Å²) in [5, 5.41) is 3.79. The Balaban J connectivity index is 1.93. The summed E-state index contributed by atoms with van der Waals surface area (Å²) >= 11 is 6.26. The summed E-state index contributed by atoms with van der Waals surface area (Å²) < 4.78 is 0. The maximum Gasteiger partial charge on any atom is 0.222 e. The number of nitrogens with one attached hydrogen (secondary N) is 1. The van der Waals surface area contributed by atoms with Crippen molar-refractivity contribution in [2.45, 2.75) is 13.8 Å². The number of aromatic nitrogens is 2. The number of benzene rings is 2. The van der Waals surface area contributed by atoms with Gasteiger partial charge in [-0.15, -0.1) is 0 Å². The highest BCUT2D eigenvalue weighted by Crippen LogP contribution is 2.29. The zero-order chi connectivity index (χ0) is 18.0. The van der Waals surface area contributed by atoms with Crippen molar-refractivity contribution < 1.29 is 4.79 Å². The fourth-order valence-electron chi connectivity index (χ4n) is 2.53. The van der Waals surface area contributed by atoms with Gasteiger partial charge in [0.1, 0.15) is 5.82 Å². The van der Waals surface area contributed by atoms with Crippen LogP contribution in [0.2, 0.25) is 5.02 Å². The Morgan fingerprint density at radius 2 is 1.76 bits per heavy atom. The monoisotopic (exact) mass is 352 g/mol. The Bertz CT molecular complexity index is 918. The minimum Gasteiger partial charge on any atom is -0.368 e. The molecule has 5 nitrogen and oxygen atoms in total. The maximum atomic E-state index is 11.4. The molecule has 6 heteroatoms. The highest BCUT2D eigenvalue weighted by molar-refractivity contribution is 6.31. The Hall–Kier alpha value is -2.92. The summed E-state index contributed by atoms with van der Waals surface area (Å²) in [6.45, 7) is 3.40. The second kappa shape index (κ2) is 6.91. The van der Waals surface area contributed by atoms with Gasteiger partial charge in [0.05, 0.1) is 0 Å². The normalized spacial score (nSPS) is 10.5. The number of hydrogen-bond acceptors (Lipinski definition) is 5. The van der Waals surface area contributed by atoms with E-state index in [1.165, 1.54) is 0 Å². The first kappa shape index (κ1) is 16.9. The highest BCUT2D eigenvalue weighted by atomic mass is 35.5. The molecule has 2 aromatic carbocycles. The molecule has 25 heavy (non-hydrogen) atoms. The molecule has 1 heterocycles.